The normalized spacial score (nSPS) is 35.6. The SMILES string of the molecule is CC=CC1(O[Si](c2ccccc2)(c2ccccc2)c2ccccc2)CC[C@H]2[C@@H]3C(C)CC4=CC(=O)CC(C)[C@]4(C=O)[C@@H]3CC[C@@]21C. The molecule has 0 heterocycles. The monoisotopic (exact) mass is 628 g/mol. The number of aldehydes is 1. The van der Waals surface area contributed by atoms with Crippen LogP contribution in [0.5, 0.6) is 0 Å². The van der Waals surface area contributed by atoms with Crippen LogP contribution in [0.2, 0.25) is 0 Å². The predicted octanol–water partition coefficient (Wildman–Crippen LogP) is 7.19. The molecule has 3 aromatic carbocycles. The number of ketones is 1. The third-order valence-electron chi connectivity index (χ3n) is 13.0. The molecule has 8 atom stereocenters. The van der Waals surface area contributed by atoms with Crippen molar-refractivity contribution in [2.45, 2.75) is 71.8 Å². The summed E-state index contributed by atoms with van der Waals surface area (Å²) in [5.41, 5.74) is 0.0187. The molecule has 0 amide bonds. The number of allylic oxidation sites excluding steroid dienone is 2. The van der Waals surface area contributed by atoms with Gasteiger partial charge < -0.3 is 9.22 Å². The van der Waals surface area contributed by atoms with Gasteiger partial charge in [0.15, 0.2) is 5.78 Å². The maximum Gasteiger partial charge on any atom is 0.289 e. The summed E-state index contributed by atoms with van der Waals surface area (Å²) in [5, 5.41) is 3.79. The minimum Gasteiger partial charge on any atom is -0.394 e. The van der Waals surface area contributed by atoms with Crippen molar-refractivity contribution in [3.8, 4) is 0 Å². The topological polar surface area (TPSA) is 43.4 Å². The Hall–Kier alpha value is -3.34. The van der Waals surface area contributed by atoms with Gasteiger partial charge in [0.05, 0.1) is 11.0 Å². The van der Waals surface area contributed by atoms with Crippen LogP contribution in [0.25, 0.3) is 0 Å². The number of hydrogen-bond donors (Lipinski definition) is 0. The van der Waals surface area contributed by atoms with E-state index in [0.717, 1.165) is 37.7 Å². The summed E-state index contributed by atoms with van der Waals surface area (Å²) in [4.78, 5) is 26.0. The number of rotatable bonds is 7. The third kappa shape index (κ3) is 4.39. The first-order chi connectivity index (χ1) is 22.3. The Kier molecular flexibility index (Phi) is 7.96. The molecular formula is C42H48O3Si. The van der Waals surface area contributed by atoms with Gasteiger partial charge in [-0.2, -0.15) is 0 Å². The van der Waals surface area contributed by atoms with E-state index in [1.807, 2.05) is 6.08 Å². The van der Waals surface area contributed by atoms with Crippen LogP contribution in [0.1, 0.15) is 66.2 Å². The third-order valence-corrected chi connectivity index (χ3v) is 17.2. The molecule has 46 heavy (non-hydrogen) atoms. The minimum absolute atomic E-state index is 0.0501. The first-order valence-electron chi connectivity index (χ1n) is 17.5. The van der Waals surface area contributed by atoms with Crippen LogP contribution in [-0.4, -0.2) is 26.0 Å². The second-order valence-corrected chi connectivity index (χ2v) is 18.3. The summed E-state index contributed by atoms with van der Waals surface area (Å²) in [5.74, 6) is 1.75. The molecule has 0 aromatic heterocycles. The largest absolute Gasteiger partial charge is 0.394 e. The van der Waals surface area contributed by atoms with E-state index >= 15 is 0 Å². The lowest BCUT2D eigenvalue weighted by Gasteiger charge is -2.62. The summed E-state index contributed by atoms with van der Waals surface area (Å²) < 4.78 is 8.19. The molecule has 3 saturated carbocycles. The Morgan fingerprint density at radius 3 is 1.85 bits per heavy atom. The summed E-state index contributed by atoms with van der Waals surface area (Å²) in [6, 6.07) is 32.9. The van der Waals surface area contributed by atoms with Gasteiger partial charge in [-0.15, -0.1) is 0 Å². The van der Waals surface area contributed by atoms with Crippen LogP contribution in [0.3, 0.4) is 0 Å². The fourth-order valence-corrected chi connectivity index (χ4v) is 15.3. The quantitative estimate of drug-likeness (QED) is 0.120. The molecule has 238 valence electrons. The number of fused-ring (bicyclic) bond motifs is 5. The van der Waals surface area contributed by atoms with E-state index in [4.69, 9.17) is 4.43 Å². The van der Waals surface area contributed by atoms with Gasteiger partial charge in [-0.25, -0.2) is 0 Å². The lowest BCUT2D eigenvalue weighted by molar-refractivity contribution is -0.144. The van der Waals surface area contributed by atoms with Crippen LogP contribution in [0.4, 0.5) is 0 Å². The first-order valence-corrected chi connectivity index (χ1v) is 19.4. The smallest absolute Gasteiger partial charge is 0.289 e. The van der Waals surface area contributed by atoms with E-state index in [-0.39, 0.29) is 23.0 Å². The van der Waals surface area contributed by atoms with Crippen molar-refractivity contribution >= 4 is 35.9 Å². The molecule has 0 N–H and O–H groups in total. The van der Waals surface area contributed by atoms with E-state index < -0.39 is 19.3 Å². The summed E-state index contributed by atoms with van der Waals surface area (Å²) in [7, 11) is -3.00. The molecule has 0 spiro atoms. The lowest BCUT2D eigenvalue weighted by Crippen LogP contribution is -2.73. The first kappa shape index (κ1) is 31.3. The van der Waals surface area contributed by atoms with Crippen molar-refractivity contribution in [1.29, 1.82) is 0 Å². The molecule has 4 heteroatoms. The molecule has 3 nitrogen and oxygen atoms in total. The number of hydrogen-bond acceptors (Lipinski definition) is 3. The van der Waals surface area contributed by atoms with Gasteiger partial charge in [-0.3, -0.25) is 4.79 Å². The van der Waals surface area contributed by atoms with Gasteiger partial charge in [-0.05, 0) is 90.3 Å². The second-order valence-electron chi connectivity index (χ2n) is 15.0. The zero-order valence-electron chi connectivity index (χ0n) is 27.8. The Bertz CT molecular complexity index is 1550. The van der Waals surface area contributed by atoms with E-state index in [9.17, 15) is 9.59 Å². The highest BCUT2D eigenvalue weighted by Crippen LogP contribution is 2.70. The van der Waals surface area contributed by atoms with Gasteiger partial charge in [0, 0.05) is 11.8 Å². The summed E-state index contributed by atoms with van der Waals surface area (Å²) in [6.07, 6.45) is 13.1. The van der Waals surface area contributed by atoms with Gasteiger partial charge in [0.25, 0.3) is 8.32 Å². The zero-order valence-corrected chi connectivity index (χ0v) is 28.8. The Balaban J connectivity index is 1.39. The second kappa shape index (κ2) is 11.7. The molecule has 3 unspecified atom stereocenters. The van der Waals surface area contributed by atoms with Crippen molar-refractivity contribution in [3.05, 3.63) is 115 Å². The van der Waals surface area contributed by atoms with Crippen LogP contribution >= 0.6 is 0 Å². The zero-order chi connectivity index (χ0) is 32.2. The number of carbonyl (C=O) groups is 2. The minimum atomic E-state index is -3.00. The van der Waals surface area contributed by atoms with Crippen molar-refractivity contribution in [1.82, 2.24) is 0 Å². The number of carbonyl (C=O) groups excluding carboxylic acids is 2. The van der Waals surface area contributed by atoms with Crippen LogP contribution in [0, 0.1) is 40.4 Å². The Labute approximate surface area is 276 Å². The maximum atomic E-state index is 13.3. The fourth-order valence-electron chi connectivity index (χ4n) is 11.1. The van der Waals surface area contributed by atoms with E-state index in [1.165, 1.54) is 21.8 Å². The van der Waals surface area contributed by atoms with Crippen molar-refractivity contribution < 1.29 is 14.0 Å². The molecule has 3 aromatic rings. The molecule has 0 radical (unpaired) electrons. The maximum absolute atomic E-state index is 13.3. The molecule has 0 bridgehead atoms. The molecule has 3 fully saturated rings. The van der Waals surface area contributed by atoms with Gasteiger partial charge >= 0.3 is 0 Å². The fraction of sp³-hybridized carbons (Fsp3) is 0.429. The highest BCUT2D eigenvalue weighted by Gasteiger charge is 2.68. The average Bonchev–Trinajstić information content (AvgIpc) is 3.36. The Morgan fingerprint density at radius 2 is 1.33 bits per heavy atom. The molecule has 7 rings (SSSR count). The average molecular weight is 629 g/mol. The van der Waals surface area contributed by atoms with Gasteiger partial charge in [0.2, 0.25) is 0 Å². The van der Waals surface area contributed by atoms with Crippen molar-refractivity contribution in [2.24, 2.45) is 40.4 Å². The van der Waals surface area contributed by atoms with Crippen molar-refractivity contribution in [3.63, 3.8) is 0 Å². The summed E-state index contributed by atoms with van der Waals surface area (Å²) >= 11 is 0. The van der Waals surface area contributed by atoms with Crippen LogP contribution in [0.15, 0.2) is 115 Å². The van der Waals surface area contributed by atoms with Gasteiger partial charge in [0.1, 0.15) is 6.29 Å². The summed E-state index contributed by atoms with van der Waals surface area (Å²) in [6.45, 7) is 9.20. The van der Waals surface area contributed by atoms with Crippen LogP contribution in [-0.2, 0) is 14.0 Å². The van der Waals surface area contributed by atoms with E-state index in [2.05, 4.69) is 131 Å². The Morgan fingerprint density at radius 1 is 0.783 bits per heavy atom. The highest BCUT2D eigenvalue weighted by atomic mass is 28.4. The van der Waals surface area contributed by atoms with E-state index in [1.54, 1.807) is 0 Å². The molecular weight excluding hydrogens is 581 g/mol. The molecule has 4 aliphatic rings. The van der Waals surface area contributed by atoms with Gasteiger partial charge in [-0.1, -0.05) is 129 Å². The predicted molar refractivity (Wildman–Crippen MR) is 189 cm³/mol. The standard InChI is InChI=1S/C42H48O3Si/c1-5-23-41(45-46(34-15-9-6-10-16-34,35-17-11-7-12-18-35)36-19-13-8-14-20-36)25-22-37-39-30(2)26-32-28-33(44)27-31(3)42(32,29-43)38(39)21-24-40(37,41)4/h5-20,23,28-31,37-39H,21-22,24-27H2,1-4H3/t30?,31?,37-,38+,39-,40-,41?,42-/m0/s1. The van der Waals surface area contributed by atoms with E-state index in [0.29, 0.717) is 24.2 Å². The lowest BCUT2D eigenvalue weighted by atomic mass is 9.42. The van der Waals surface area contributed by atoms with Crippen LogP contribution < -0.4 is 15.6 Å². The number of benzene rings is 3. The van der Waals surface area contributed by atoms with Crippen molar-refractivity contribution in [2.75, 3.05) is 0 Å². The molecule has 4 aliphatic carbocycles. The molecule has 0 saturated heterocycles. The highest BCUT2D eigenvalue weighted by molar-refractivity contribution is 7.07. The molecule has 0 aliphatic heterocycles.